The highest BCUT2D eigenvalue weighted by molar-refractivity contribution is 5.78. The van der Waals surface area contributed by atoms with Crippen molar-refractivity contribution in [1.29, 1.82) is 0 Å². The summed E-state index contributed by atoms with van der Waals surface area (Å²) in [6.07, 6.45) is 2.45. The summed E-state index contributed by atoms with van der Waals surface area (Å²) >= 11 is 0. The third-order valence-corrected chi connectivity index (χ3v) is 4.33. The minimum absolute atomic E-state index is 0.0491. The Hall–Kier alpha value is -2.29. The molecule has 0 radical (unpaired) electrons. The highest BCUT2D eigenvalue weighted by Gasteiger charge is 2.28. The lowest BCUT2D eigenvalue weighted by atomic mass is 10.0. The summed E-state index contributed by atoms with van der Waals surface area (Å²) in [4.78, 5) is 11.8. The molecule has 3 heteroatoms. The molecule has 1 fully saturated rings. The van der Waals surface area contributed by atoms with Crippen LogP contribution in [0.15, 0.2) is 48.5 Å². The molecule has 1 N–H and O–H groups in total. The van der Waals surface area contributed by atoms with Crippen molar-refractivity contribution >= 4 is 5.91 Å². The Bertz CT molecular complexity index is 657. The van der Waals surface area contributed by atoms with Gasteiger partial charge in [0.1, 0.15) is 5.75 Å². The summed E-state index contributed by atoms with van der Waals surface area (Å²) in [5.74, 6) is 1.33. The van der Waals surface area contributed by atoms with E-state index in [4.69, 9.17) is 4.74 Å². The Morgan fingerprint density at radius 1 is 1.09 bits per heavy atom. The third-order valence-electron chi connectivity index (χ3n) is 4.33. The molecular weight excluding hydrogens is 286 g/mol. The Kier molecular flexibility index (Phi) is 4.65. The number of nitrogens with one attached hydrogen (secondary N) is 1. The van der Waals surface area contributed by atoms with Gasteiger partial charge in [-0.05, 0) is 55.9 Å². The summed E-state index contributed by atoms with van der Waals surface area (Å²) in [6, 6.07) is 16.5. The molecule has 0 heterocycles. The summed E-state index contributed by atoms with van der Waals surface area (Å²) in [5, 5.41) is 2.99. The van der Waals surface area contributed by atoms with E-state index in [9.17, 15) is 4.79 Å². The zero-order chi connectivity index (χ0) is 16.2. The van der Waals surface area contributed by atoms with E-state index in [-0.39, 0.29) is 18.6 Å². The van der Waals surface area contributed by atoms with Gasteiger partial charge in [-0.1, -0.05) is 42.0 Å². The van der Waals surface area contributed by atoms with Crippen molar-refractivity contribution in [2.75, 3.05) is 6.61 Å². The van der Waals surface area contributed by atoms with Gasteiger partial charge in [-0.15, -0.1) is 0 Å². The van der Waals surface area contributed by atoms with Crippen LogP contribution in [0.25, 0.3) is 11.1 Å². The molecule has 3 rings (SSSR count). The van der Waals surface area contributed by atoms with E-state index >= 15 is 0 Å². The fraction of sp³-hybridized carbons (Fsp3) is 0.350. The second kappa shape index (κ2) is 6.86. The normalized spacial score (nSPS) is 15.0. The van der Waals surface area contributed by atoms with Gasteiger partial charge in [0.15, 0.2) is 6.61 Å². The molecule has 0 saturated heterocycles. The van der Waals surface area contributed by atoms with Crippen LogP contribution in [0, 0.1) is 12.8 Å². The number of ether oxygens (including phenoxy) is 1. The molecule has 1 atom stereocenters. The van der Waals surface area contributed by atoms with Gasteiger partial charge in [0, 0.05) is 6.04 Å². The topological polar surface area (TPSA) is 38.3 Å². The summed E-state index contributed by atoms with van der Waals surface area (Å²) in [5.41, 5.74) is 3.57. The molecular formula is C20H23NO2. The third kappa shape index (κ3) is 4.35. The Morgan fingerprint density at radius 3 is 2.22 bits per heavy atom. The summed E-state index contributed by atoms with van der Waals surface area (Å²) < 4.78 is 5.57. The van der Waals surface area contributed by atoms with Crippen molar-refractivity contribution in [3.63, 3.8) is 0 Å². The van der Waals surface area contributed by atoms with Crippen molar-refractivity contribution < 1.29 is 9.53 Å². The van der Waals surface area contributed by atoms with E-state index in [1.54, 1.807) is 0 Å². The van der Waals surface area contributed by atoms with Crippen LogP contribution < -0.4 is 10.1 Å². The van der Waals surface area contributed by atoms with Crippen LogP contribution in [0.2, 0.25) is 0 Å². The van der Waals surface area contributed by atoms with Gasteiger partial charge in [0.05, 0.1) is 0 Å². The zero-order valence-corrected chi connectivity index (χ0v) is 13.7. The second-order valence-electron chi connectivity index (χ2n) is 6.37. The summed E-state index contributed by atoms with van der Waals surface area (Å²) in [7, 11) is 0. The predicted octanol–water partition coefficient (Wildman–Crippen LogP) is 3.96. The molecule has 1 aliphatic carbocycles. The van der Waals surface area contributed by atoms with Crippen LogP contribution in [0.4, 0.5) is 0 Å². The quantitative estimate of drug-likeness (QED) is 0.877. The first-order valence-electron chi connectivity index (χ1n) is 8.21. The molecule has 1 aliphatic rings. The molecule has 3 nitrogen and oxygen atoms in total. The average Bonchev–Trinajstić information content (AvgIpc) is 3.39. The van der Waals surface area contributed by atoms with E-state index in [2.05, 4.69) is 43.4 Å². The van der Waals surface area contributed by atoms with Gasteiger partial charge >= 0.3 is 0 Å². The van der Waals surface area contributed by atoms with Crippen molar-refractivity contribution in [2.24, 2.45) is 5.92 Å². The number of carbonyl (C=O) groups is 1. The SMILES string of the molecule is Cc1ccc(-c2ccc(OCC(=O)NC(C)C3CC3)cc2)cc1. The smallest absolute Gasteiger partial charge is 0.258 e. The molecule has 2 aromatic carbocycles. The maximum Gasteiger partial charge on any atom is 0.258 e. The van der Waals surface area contributed by atoms with Crippen molar-refractivity contribution in [3.8, 4) is 16.9 Å². The molecule has 1 unspecified atom stereocenters. The molecule has 23 heavy (non-hydrogen) atoms. The lowest BCUT2D eigenvalue weighted by Crippen LogP contribution is -2.37. The fourth-order valence-corrected chi connectivity index (χ4v) is 2.65. The van der Waals surface area contributed by atoms with Gasteiger partial charge in [0.2, 0.25) is 0 Å². The van der Waals surface area contributed by atoms with E-state index in [0.717, 1.165) is 11.3 Å². The zero-order valence-electron chi connectivity index (χ0n) is 13.7. The molecule has 0 spiro atoms. The molecule has 0 bridgehead atoms. The first kappa shape index (κ1) is 15.6. The lowest BCUT2D eigenvalue weighted by molar-refractivity contribution is -0.123. The van der Waals surface area contributed by atoms with E-state index in [1.165, 1.54) is 24.0 Å². The van der Waals surface area contributed by atoms with Crippen molar-refractivity contribution in [2.45, 2.75) is 32.7 Å². The van der Waals surface area contributed by atoms with Crippen LogP contribution in [0.5, 0.6) is 5.75 Å². The highest BCUT2D eigenvalue weighted by Crippen LogP contribution is 2.32. The van der Waals surface area contributed by atoms with E-state index in [1.807, 2.05) is 24.3 Å². The van der Waals surface area contributed by atoms with Gasteiger partial charge < -0.3 is 10.1 Å². The maximum absolute atomic E-state index is 11.8. The Morgan fingerprint density at radius 2 is 1.65 bits per heavy atom. The molecule has 1 amide bonds. The molecule has 1 saturated carbocycles. The van der Waals surface area contributed by atoms with Gasteiger partial charge in [0.25, 0.3) is 5.91 Å². The van der Waals surface area contributed by atoms with Crippen LogP contribution in [0.1, 0.15) is 25.3 Å². The summed E-state index contributed by atoms with van der Waals surface area (Å²) in [6.45, 7) is 4.21. The van der Waals surface area contributed by atoms with Gasteiger partial charge in [-0.2, -0.15) is 0 Å². The molecule has 0 aromatic heterocycles. The number of rotatable bonds is 6. The van der Waals surface area contributed by atoms with Crippen LogP contribution in [-0.4, -0.2) is 18.6 Å². The monoisotopic (exact) mass is 309 g/mol. The number of amides is 1. The minimum atomic E-state index is -0.0491. The first-order chi connectivity index (χ1) is 11.1. The number of benzene rings is 2. The minimum Gasteiger partial charge on any atom is -0.484 e. The second-order valence-corrected chi connectivity index (χ2v) is 6.37. The molecule has 0 aliphatic heterocycles. The lowest BCUT2D eigenvalue weighted by Gasteiger charge is -2.13. The van der Waals surface area contributed by atoms with Crippen LogP contribution in [-0.2, 0) is 4.79 Å². The van der Waals surface area contributed by atoms with Crippen LogP contribution >= 0.6 is 0 Å². The van der Waals surface area contributed by atoms with Gasteiger partial charge in [-0.25, -0.2) is 0 Å². The van der Waals surface area contributed by atoms with E-state index in [0.29, 0.717) is 5.92 Å². The molecule has 2 aromatic rings. The number of aryl methyl sites for hydroxylation is 1. The Labute approximate surface area is 137 Å². The first-order valence-corrected chi connectivity index (χ1v) is 8.21. The fourth-order valence-electron chi connectivity index (χ4n) is 2.65. The van der Waals surface area contributed by atoms with Gasteiger partial charge in [-0.3, -0.25) is 4.79 Å². The average molecular weight is 309 g/mol. The molecule has 120 valence electrons. The highest BCUT2D eigenvalue weighted by atomic mass is 16.5. The van der Waals surface area contributed by atoms with Crippen molar-refractivity contribution in [1.82, 2.24) is 5.32 Å². The predicted molar refractivity (Wildman–Crippen MR) is 92.4 cm³/mol. The number of hydrogen-bond acceptors (Lipinski definition) is 2. The maximum atomic E-state index is 11.8. The van der Waals surface area contributed by atoms with Crippen molar-refractivity contribution in [3.05, 3.63) is 54.1 Å². The van der Waals surface area contributed by atoms with Crippen LogP contribution in [0.3, 0.4) is 0 Å². The Balaban J connectivity index is 1.52. The number of carbonyl (C=O) groups excluding carboxylic acids is 1. The number of hydrogen-bond donors (Lipinski definition) is 1. The standard InChI is InChI=1S/C20H23NO2/c1-14-3-5-17(6-4-14)18-9-11-19(12-10-18)23-13-20(22)21-15(2)16-7-8-16/h3-6,9-12,15-16H,7-8,13H2,1-2H3,(H,21,22). The largest absolute Gasteiger partial charge is 0.484 e. The van der Waals surface area contributed by atoms with E-state index < -0.39 is 0 Å².